The van der Waals surface area contributed by atoms with Crippen LogP contribution in [0.3, 0.4) is 0 Å². The monoisotopic (exact) mass is 328 g/mol. The third-order valence-corrected chi connectivity index (χ3v) is 2.59. The Kier molecular flexibility index (Phi) is 4.33. The van der Waals surface area contributed by atoms with Crippen LogP contribution in [-0.2, 0) is 0 Å². The minimum atomic E-state index is 0.0888. The fraction of sp³-hybridized carbons (Fsp3) is 0.182. The Morgan fingerprint density at radius 3 is 2.89 bits per heavy atom. The summed E-state index contributed by atoms with van der Waals surface area (Å²) < 4.78 is 6.42. The largest absolute Gasteiger partial charge is 0.424 e. The lowest BCUT2D eigenvalue weighted by molar-refractivity contribution is 0.440. The van der Waals surface area contributed by atoms with Gasteiger partial charge in [-0.05, 0) is 36.7 Å². The topological polar surface area (TPSA) is 59.9 Å². The smallest absolute Gasteiger partial charge is 0.328 e. The van der Waals surface area contributed by atoms with Gasteiger partial charge in [-0.1, -0.05) is 22.0 Å². The predicted molar refractivity (Wildman–Crippen MR) is 73.2 cm³/mol. The first-order valence-electron chi connectivity index (χ1n) is 5.26. The molecule has 1 aromatic carbocycles. The fourth-order valence-corrected chi connectivity index (χ4v) is 1.78. The summed E-state index contributed by atoms with van der Waals surface area (Å²) in [5, 5.41) is 3.04. The normalized spacial score (nSPS) is 10.2. The average molecular weight is 330 g/mol. The number of hydrogen-bond donors (Lipinski definition) is 1. The van der Waals surface area contributed by atoms with Crippen LogP contribution < -0.4 is 10.1 Å². The zero-order chi connectivity index (χ0) is 13.0. The first kappa shape index (κ1) is 13.0. The molecule has 0 aliphatic heterocycles. The van der Waals surface area contributed by atoms with E-state index in [1.807, 2.05) is 25.1 Å². The van der Waals surface area contributed by atoms with Gasteiger partial charge < -0.3 is 10.1 Å². The quantitative estimate of drug-likeness (QED) is 0.930. The molecule has 18 heavy (non-hydrogen) atoms. The van der Waals surface area contributed by atoms with E-state index in [9.17, 15) is 0 Å². The maximum atomic E-state index is 5.79. The maximum absolute atomic E-state index is 5.79. The van der Waals surface area contributed by atoms with E-state index in [4.69, 9.17) is 16.3 Å². The van der Waals surface area contributed by atoms with Crippen LogP contribution in [0.1, 0.15) is 6.92 Å². The Bertz CT molecular complexity index is 552. The summed E-state index contributed by atoms with van der Waals surface area (Å²) in [6, 6.07) is 7.52. The Morgan fingerprint density at radius 2 is 2.17 bits per heavy atom. The van der Waals surface area contributed by atoms with Crippen LogP contribution in [-0.4, -0.2) is 21.5 Å². The van der Waals surface area contributed by atoms with E-state index >= 15 is 0 Å². The molecular weight excluding hydrogens is 320 g/mol. The highest BCUT2D eigenvalue weighted by Gasteiger charge is 2.06. The van der Waals surface area contributed by atoms with Crippen molar-refractivity contribution in [1.29, 1.82) is 0 Å². The Balaban J connectivity index is 2.23. The van der Waals surface area contributed by atoms with E-state index in [0.29, 0.717) is 18.2 Å². The number of rotatable bonds is 4. The lowest BCUT2D eigenvalue weighted by Gasteiger charge is -2.06. The average Bonchev–Trinajstić information content (AvgIpc) is 2.28. The molecule has 0 fully saturated rings. The van der Waals surface area contributed by atoms with Gasteiger partial charge in [0.25, 0.3) is 0 Å². The number of nitrogens with one attached hydrogen (secondary N) is 1. The zero-order valence-corrected chi connectivity index (χ0v) is 11.9. The molecule has 2 aromatic rings. The van der Waals surface area contributed by atoms with Crippen molar-refractivity contribution in [1.82, 2.24) is 15.0 Å². The van der Waals surface area contributed by atoms with Crippen molar-refractivity contribution in [2.24, 2.45) is 0 Å². The molecule has 1 N–H and O–H groups in total. The molecule has 0 aliphatic carbocycles. The molecule has 0 saturated carbocycles. The fourth-order valence-electron chi connectivity index (χ4n) is 1.25. The van der Waals surface area contributed by atoms with Gasteiger partial charge in [-0.25, -0.2) is 0 Å². The van der Waals surface area contributed by atoms with Gasteiger partial charge >= 0.3 is 6.01 Å². The number of ether oxygens (including phenoxy) is 1. The minimum absolute atomic E-state index is 0.0888. The molecule has 0 radical (unpaired) electrons. The van der Waals surface area contributed by atoms with Crippen LogP contribution in [0.5, 0.6) is 11.8 Å². The van der Waals surface area contributed by atoms with E-state index in [1.165, 1.54) is 0 Å². The van der Waals surface area contributed by atoms with Gasteiger partial charge in [0, 0.05) is 11.0 Å². The molecule has 1 aromatic heterocycles. The highest BCUT2D eigenvalue weighted by Crippen LogP contribution is 2.23. The molecule has 0 bridgehead atoms. The third-order valence-electron chi connectivity index (χ3n) is 1.93. The van der Waals surface area contributed by atoms with Crippen molar-refractivity contribution in [3.63, 3.8) is 0 Å². The van der Waals surface area contributed by atoms with Crippen LogP contribution in [0.2, 0.25) is 5.28 Å². The summed E-state index contributed by atoms with van der Waals surface area (Å²) in [5.41, 5.74) is 0. The zero-order valence-electron chi connectivity index (χ0n) is 9.52. The van der Waals surface area contributed by atoms with Crippen molar-refractivity contribution in [3.05, 3.63) is 34.0 Å². The van der Waals surface area contributed by atoms with Crippen LogP contribution in [0.15, 0.2) is 28.7 Å². The van der Waals surface area contributed by atoms with Crippen molar-refractivity contribution in [3.8, 4) is 11.8 Å². The van der Waals surface area contributed by atoms with Gasteiger partial charge in [0.1, 0.15) is 5.75 Å². The molecular formula is C11H10BrClN4O. The van der Waals surface area contributed by atoms with Crippen molar-refractivity contribution in [2.75, 3.05) is 11.9 Å². The second-order valence-corrected chi connectivity index (χ2v) is 4.55. The summed E-state index contributed by atoms with van der Waals surface area (Å²) in [6.07, 6.45) is 0. The third kappa shape index (κ3) is 3.54. The van der Waals surface area contributed by atoms with Gasteiger partial charge in [-0.2, -0.15) is 15.0 Å². The standard InChI is InChI=1S/C11H10BrClN4O/c1-2-14-10-15-9(13)16-11(17-10)18-8-5-3-4-7(12)6-8/h3-6H,2H2,1H3,(H,14,15,16,17). The highest BCUT2D eigenvalue weighted by molar-refractivity contribution is 9.10. The van der Waals surface area contributed by atoms with Crippen molar-refractivity contribution >= 4 is 33.5 Å². The summed E-state index contributed by atoms with van der Waals surface area (Å²) in [6.45, 7) is 2.63. The number of halogens is 2. The van der Waals surface area contributed by atoms with E-state index in [-0.39, 0.29) is 11.3 Å². The van der Waals surface area contributed by atoms with Crippen LogP contribution in [0.4, 0.5) is 5.95 Å². The van der Waals surface area contributed by atoms with Crippen LogP contribution in [0.25, 0.3) is 0 Å². The molecule has 2 rings (SSSR count). The molecule has 0 aliphatic rings. The predicted octanol–water partition coefficient (Wildman–Crippen LogP) is 3.51. The summed E-state index contributed by atoms with van der Waals surface area (Å²) in [7, 11) is 0. The molecule has 94 valence electrons. The Morgan fingerprint density at radius 1 is 1.33 bits per heavy atom. The van der Waals surface area contributed by atoms with Crippen LogP contribution in [0, 0.1) is 0 Å². The molecule has 0 amide bonds. The summed E-state index contributed by atoms with van der Waals surface area (Å²) in [5.74, 6) is 1.01. The lowest BCUT2D eigenvalue weighted by atomic mass is 10.3. The van der Waals surface area contributed by atoms with E-state index in [0.717, 1.165) is 4.47 Å². The Labute approximate surface area is 118 Å². The first-order chi connectivity index (χ1) is 8.67. The van der Waals surface area contributed by atoms with Gasteiger partial charge in [0.15, 0.2) is 0 Å². The molecule has 0 atom stereocenters. The summed E-state index contributed by atoms with van der Waals surface area (Å²) >= 11 is 9.15. The van der Waals surface area contributed by atoms with Crippen LogP contribution >= 0.6 is 27.5 Å². The number of aromatic nitrogens is 3. The van der Waals surface area contributed by atoms with Gasteiger partial charge in [-0.15, -0.1) is 0 Å². The number of benzene rings is 1. The molecule has 1 heterocycles. The lowest BCUT2D eigenvalue weighted by Crippen LogP contribution is -2.04. The van der Waals surface area contributed by atoms with Crippen molar-refractivity contribution in [2.45, 2.75) is 6.92 Å². The maximum Gasteiger partial charge on any atom is 0.328 e. The molecule has 0 unspecified atom stereocenters. The number of nitrogens with zero attached hydrogens (tertiary/aromatic N) is 3. The van der Waals surface area contributed by atoms with Gasteiger partial charge in [-0.3, -0.25) is 0 Å². The van der Waals surface area contributed by atoms with E-state index in [2.05, 4.69) is 36.2 Å². The number of anilines is 1. The second kappa shape index (κ2) is 5.97. The van der Waals surface area contributed by atoms with Gasteiger partial charge in [0.05, 0.1) is 0 Å². The summed E-state index contributed by atoms with van der Waals surface area (Å²) in [4.78, 5) is 11.9. The molecule has 0 spiro atoms. The highest BCUT2D eigenvalue weighted by atomic mass is 79.9. The number of hydrogen-bond acceptors (Lipinski definition) is 5. The van der Waals surface area contributed by atoms with Crippen molar-refractivity contribution < 1.29 is 4.74 Å². The van der Waals surface area contributed by atoms with E-state index < -0.39 is 0 Å². The molecule has 0 saturated heterocycles. The second-order valence-electron chi connectivity index (χ2n) is 3.30. The molecule has 7 heteroatoms. The first-order valence-corrected chi connectivity index (χ1v) is 6.43. The minimum Gasteiger partial charge on any atom is -0.424 e. The molecule has 5 nitrogen and oxygen atoms in total. The Hall–Kier alpha value is -1.40. The van der Waals surface area contributed by atoms with E-state index in [1.54, 1.807) is 6.07 Å². The van der Waals surface area contributed by atoms with Gasteiger partial charge in [0.2, 0.25) is 11.2 Å². The SMILES string of the molecule is CCNc1nc(Cl)nc(Oc2cccc(Br)c2)n1.